The molecule has 4 heterocycles. The molecule has 0 radical (unpaired) electrons. The fraction of sp³-hybridized carbons (Fsp3) is 0. The molecule has 4 aromatic heterocycles. The number of nitrogens with zero attached hydrogens (tertiary/aromatic N) is 4. The molecule has 220 valence electrons. The molecular formula is C40H22N4O2S. The number of rotatable bonds is 4. The molecule has 0 atom stereocenters. The van der Waals surface area contributed by atoms with E-state index in [1.807, 2.05) is 91.0 Å². The Bertz CT molecular complexity index is 2800. The lowest BCUT2D eigenvalue weighted by molar-refractivity contribution is 0.620. The summed E-state index contributed by atoms with van der Waals surface area (Å²) in [5.74, 6) is 2.22. The Balaban J connectivity index is 1.33. The van der Waals surface area contributed by atoms with Gasteiger partial charge in [-0.2, -0.15) is 0 Å². The minimum Gasteiger partial charge on any atom is -0.456 e. The zero-order valence-corrected chi connectivity index (χ0v) is 25.5. The normalized spacial score (nSPS) is 11.8. The minimum atomic E-state index is 0.533. The van der Waals surface area contributed by atoms with Crippen molar-refractivity contribution < 1.29 is 8.83 Å². The van der Waals surface area contributed by atoms with Crippen molar-refractivity contribution in [1.29, 1.82) is 0 Å². The van der Waals surface area contributed by atoms with Crippen LogP contribution in [0.25, 0.3) is 98.8 Å². The third-order valence-corrected chi connectivity index (χ3v) is 9.70. The highest BCUT2D eigenvalue weighted by Crippen LogP contribution is 2.45. The van der Waals surface area contributed by atoms with Crippen molar-refractivity contribution in [2.45, 2.75) is 0 Å². The van der Waals surface area contributed by atoms with E-state index in [0.717, 1.165) is 59.7 Å². The second kappa shape index (κ2) is 10.2. The van der Waals surface area contributed by atoms with E-state index in [4.69, 9.17) is 28.8 Å². The summed E-state index contributed by atoms with van der Waals surface area (Å²) in [6, 6.07) is 44.6. The van der Waals surface area contributed by atoms with Crippen LogP contribution in [-0.4, -0.2) is 19.9 Å². The first-order valence-corrected chi connectivity index (χ1v) is 16.1. The fourth-order valence-corrected chi connectivity index (χ4v) is 7.62. The second-order valence-electron chi connectivity index (χ2n) is 11.4. The smallest absolute Gasteiger partial charge is 0.227 e. The van der Waals surface area contributed by atoms with Crippen LogP contribution in [0.4, 0.5) is 0 Å². The highest BCUT2D eigenvalue weighted by atomic mass is 32.1. The van der Waals surface area contributed by atoms with E-state index in [9.17, 15) is 0 Å². The molecule has 0 unspecified atom stereocenters. The van der Waals surface area contributed by atoms with E-state index in [0.29, 0.717) is 34.5 Å². The summed E-state index contributed by atoms with van der Waals surface area (Å²) in [7, 11) is 0. The Morgan fingerprint density at radius 3 is 1.98 bits per heavy atom. The van der Waals surface area contributed by atoms with Gasteiger partial charge in [-0.05, 0) is 30.3 Å². The molecule has 0 fully saturated rings. The Morgan fingerprint density at radius 1 is 0.447 bits per heavy atom. The average Bonchev–Trinajstić information content (AvgIpc) is 3.84. The lowest BCUT2D eigenvalue weighted by atomic mass is 10.0. The quantitative estimate of drug-likeness (QED) is 0.194. The molecule has 0 saturated carbocycles. The fourth-order valence-electron chi connectivity index (χ4n) is 6.48. The first kappa shape index (κ1) is 26.1. The molecule has 0 spiro atoms. The van der Waals surface area contributed by atoms with Gasteiger partial charge in [0, 0.05) is 53.7 Å². The van der Waals surface area contributed by atoms with Gasteiger partial charge >= 0.3 is 0 Å². The molecule has 0 bridgehead atoms. The van der Waals surface area contributed by atoms with E-state index in [-0.39, 0.29) is 0 Å². The van der Waals surface area contributed by atoms with Crippen molar-refractivity contribution in [1.82, 2.24) is 19.9 Å². The Morgan fingerprint density at radius 2 is 1.13 bits per heavy atom. The molecule has 0 aliphatic heterocycles. The number of hydrogen-bond donors (Lipinski definition) is 0. The Hall–Kier alpha value is -6.18. The third kappa shape index (κ3) is 4.10. The summed E-state index contributed by atoms with van der Waals surface area (Å²) >= 11 is 1.72. The van der Waals surface area contributed by atoms with Gasteiger partial charge in [-0.15, -0.1) is 11.3 Å². The molecular weight excluding hydrogens is 601 g/mol. The summed E-state index contributed by atoms with van der Waals surface area (Å²) in [6.45, 7) is 0. The summed E-state index contributed by atoms with van der Waals surface area (Å²) in [4.78, 5) is 20.6. The maximum Gasteiger partial charge on any atom is 0.227 e. The zero-order valence-electron chi connectivity index (χ0n) is 24.7. The maximum absolute atomic E-state index is 6.46. The molecule has 0 aliphatic carbocycles. The van der Waals surface area contributed by atoms with Crippen LogP contribution in [-0.2, 0) is 0 Å². The van der Waals surface area contributed by atoms with Crippen LogP contribution in [0.15, 0.2) is 142 Å². The van der Waals surface area contributed by atoms with Crippen LogP contribution < -0.4 is 0 Å². The first-order chi connectivity index (χ1) is 23.3. The molecule has 7 heteroatoms. The molecule has 0 aliphatic rings. The SMILES string of the molecule is c1ccc(-c2nc(-c3cccc4oc5ccccc5c34)nc(-c3c4nc(-c5ccccc5)oc4cc4sc5ccccc5c34)n2)cc1. The summed E-state index contributed by atoms with van der Waals surface area (Å²) in [5, 5.41) is 4.16. The first-order valence-electron chi connectivity index (χ1n) is 15.3. The monoisotopic (exact) mass is 622 g/mol. The van der Waals surface area contributed by atoms with Gasteiger partial charge in [0.2, 0.25) is 5.89 Å². The van der Waals surface area contributed by atoms with Crippen LogP contribution in [0.3, 0.4) is 0 Å². The lowest BCUT2D eigenvalue weighted by Gasteiger charge is -2.10. The van der Waals surface area contributed by atoms with Crippen LogP contribution in [0.1, 0.15) is 0 Å². The van der Waals surface area contributed by atoms with Gasteiger partial charge < -0.3 is 8.83 Å². The largest absolute Gasteiger partial charge is 0.456 e. The molecule has 6 nitrogen and oxygen atoms in total. The maximum atomic E-state index is 6.46. The van der Waals surface area contributed by atoms with Crippen LogP contribution in [0, 0.1) is 0 Å². The van der Waals surface area contributed by atoms with E-state index < -0.39 is 0 Å². The number of aromatic nitrogens is 4. The van der Waals surface area contributed by atoms with Crippen molar-refractivity contribution in [3.05, 3.63) is 133 Å². The van der Waals surface area contributed by atoms with Crippen LogP contribution >= 0.6 is 11.3 Å². The van der Waals surface area contributed by atoms with Crippen molar-refractivity contribution >= 4 is 64.5 Å². The van der Waals surface area contributed by atoms with Gasteiger partial charge in [0.1, 0.15) is 16.7 Å². The van der Waals surface area contributed by atoms with Gasteiger partial charge in [-0.1, -0.05) is 97.1 Å². The van der Waals surface area contributed by atoms with E-state index in [1.54, 1.807) is 11.3 Å². The number of oxazole rings is 1. The van der Waals surface area contributed by atoms with Crippen molar-refractivity contribution in [2.24, 2.45) is 0 Å². The van der Waals surface area contributed by atoms with Crippen molar-refractivity contribution in [2.75, 3.05) is 0 Å². The Kier molecular flexibility index (Phi) is 5.64. The van der Waals surface area contributed by atoms with Crippen LogP contribution in [0.2, 0.25) is 0 Å². The number of para-hydroxylation sites is 1. The predicted molar refractivity (Wildman–Crippen MR) is 189 cm³/mol. The van der Waals surface area contributed by atoms with Gasteiger partial charge in [-0.25, -0.2) is 19.9 Å². The predicted octanol–water partition coefficient (Wildman–Crippen LogP) is 10.9. The van der Waals surface area contributed by atoms with Gasteiger partial charge in [-0.3, -0.25) is 0 Å². The zero-order chi connectivity index (χ0) is 30.9. The standard InChI is InChI=1S/C40H22N4O2S/c1-3-12-23(13-4-1)37-42-38(27-18-11-20-29-33(27)25-16-7-9-19-28(25)45-29)44-39(43-37)35-34-26-17-8-10-21-31(26)47-32(34)22-30-36(35)41-40(46-30)24-14-5-2-6-15-24/h1-22H. The van der Waals surface area contributed by atoms with E-state index in [1.165, 1.54) is 4.70 Å². The number of furan rings is 1. The molecule has 10 rings (SSSR count). The number of thiophene rings is 1. The summed E-state index contributed by atoms with van der Waals surface area (Å²) in [6.07, 6.45) is 0. The topological polar surface area (TPSA) is 77.8 Å². The molecule has 47 heavy (non-hydrogen) atoms. The second-order valence-corrected chi connectivity index (χ2v) is 12.5. The average molecular weight is 623 g/mol. The molecule has 0 N–H and O–H groups in total. The van der Waals surface area contributed by atoms with Gasteiger partial charge in [0.15, 0.2) is 23.1 Å². The van der Waals surface area contributed by atoms with Gasteiger partial charge in [0.05, 0.1) is 5.56 Å². The molecule has 10 aromatic rings. The van der Waals surface area contributed by atoms with Crippen molar-refractivity contribution in [3.63, 3.8) is 0 Å². The number of benzene rings is 6. The Labute approximate surface area is 271 Å². The van der Waals surface area contributed by atoms with Crippen molar-refractivity contribution in [3.8, 4) is 45.6 Å². The van der Waals surface area contributed by atoms with Gasteiger partial charge in [0.25, 0.3) is 0 Å². The highest BCUT2D eigenvalue weighted by Gasteiger charge is 2.24. The number of fused-ring (bicyclic) bond motifs is 7. The molecule has 6 aromatic carbocycles. The van der Waals surface area contributed by atoms with E-state index in [2.05, 4.69) is 42.5 Å². The van der Waals surface area contributed by atoms with E-state index >= 15 is 0 Å². The number of hydrogen-bond acceptors (Lipinski definition) is 7. The summed E-state index contributed by atoms with van der Waals surface area (Å²) in [5.41, 5.74) is 6.49. The summed E-state index contributed by atoms with van der Waals surface area (Å²) < 4.78 is 15.0. The lowest BCUT2D eigenvalue weighted by Crippen LogP contribution is -2.01. The third-order valence-electron chi connectivity index (χ3n) is 8.58. The minimum absolute atomic E-state index is 0.533. The van der Waals surface area contributed by atoms with Crippen LogP contribution in [0.5, 0.6) is 0 Å². The molecule has 0 amide bonds. The molecule has 0 saturated heterocycles. The highest BCUT2D eigenvalue weighted by molar-refractivity contribution is 7.26.